The summed E-state index contributed by atoms with van der Waals surface area (Å²) < 4.78 is 13.3. The molecule has 0 aromatic heterocycles. The number of hydrogen-bond donors (Lipinski definition) is 3. The van der Waals surface area contributed by atoms with Crippen molar-refractivity contribution >= 4 is 17.9 Å². The summed E-state index contributed by atoms with van der Waals surface area (Å²) in [4.78, 5) is 15.5. The van der Waals surface area contributed by atoms with Crippen molar-refractivity contribution in [1.82, 2.24) is 5.32 Å². The maximum absolute atomic E-state index is 13.3. The van der Waals surface area contributed by atoms with E-state index in [-0.39, 0.29) is 23.7 Å². The van der Waals surface area contributed by atoms with Crippen molar-refractivity contribution in [3.63, 3.8) is 0 Å². The van der Waals surface area contributed by atoms with Crippen LogP contribution < -0.4 is 10.6 Å². The van der Waals surface area contributed by atoms with Gasteiger partial charge >= 0.3 is 0 Å². The number of carbonyl (C=O) groups excluding carboxylic acids is 1. The van der Waals surface area contributed by atoms with Gasteiger partial charge in [-0.25, -0.2) is 4.39 Å². The molecular formula is C11H10FN3O2. The molecule has 1 aromatic carbocycles. The minimum Gasteiger partial charge on any atom is -0.494 e. The molecule has 1 aliphatic rings. The highest BCUT2D eigenvalue weighted by Crippen LogP contribution is 2.14. The summed E-state index contributed by atoms with van der Waals surface area (Å²) in [5, 5.41) is 14.2. The van der Waals surface area contributed by atoms with Gasteiger partial charge in [-0.3, -0.25) is 9.79 Å². The lowest BCUT2D eigenvalue weighted by molar-refractivity contribution is -0.113. The van der Waals surface area contributed by atoms with Crippen LogP contribution in [-0.2, 0) is 4.79 Å². The molecule has 0 radical (unpaired) electrons. The predicted molar refractivity (Wildman–Crippen MR) is 61.2 cm³/mol. The van der Waals surface area contributed by atoms with Crippen LogP contribution in [0.15, 0.2) is 40.7 Å². The number of amides is 1. The third-order valence-electron chi connectivity index (χ3n) is 2.22. The van der Waals surface area contributed by atoms with Crippen LogP contribution >= 0.6 is 0 Å². The summed E-state index contributed by atoms with van der Waals surface area (Å²) >= 11 is 0. The predicted octanol–water partition coefficient (Wildman–Crippen LogP) is 1.17. The van der Waals surface area contributed by atoms with Crippen LogP contribution in [0.25, 0.3) is 0 Å². The maximum Gasteiger partial charge on any atom is 0.258 e. The molecule has 0 bridgehead atoms. The number of nitrogens with one attached hydrogen (secondary N) is 2. The molecular weight excluding hydrogens is 225 g/mol. The Morgan fingerprint density at radius 1 is 1.47 bits per heavy atom. The van der Waals surface area contributed by atoms with Crippen molar-refractivity contribution in [1.29, 1.82) is 0 Å². The Bertz CT molecular complexity index is 511. The topological polar surface area (TPSA) is 73.7 Å². The Kier molecular flexibility index (Phi) is 3.04. The maximum atomic E-state index is 13.3. The lowest BCUT2D eigenvalue weighted by atomic mass is 10.2. The SMILES string of the molecule is O=C(Nc1ccccc1F)C1=C(O)NC=NC1. The summed E-state index contributed by atoms with van der Waals surface area (Å²) in [7, 11) is 0. The Morgan fingerprint density at radius 3 is 2.94 bits per heavy atom. The molecule has 0 saturated heterocycles. The largest absolute Gasteiger partial charge is 0.494 e. The van der Waals surface area contributed by atoms with E-state index in [4.69, 9.17) is 0 Å². The van der Waals surface area contributed by atoms with Gasteiger partial charge in [0.25, 0.3) is 5.91 Å². The third kappa shape index (κ3) is 2.41. The molecule has 1 aromatic rings. The average molecular weight is 235 g/mol. The number of rotatable bonds is 2. The van der Waals surface area contributed by atoms with E-state index in [1.165, 1.54) is 24.5 Å². The highest BCUT2D eigenvalue weighted by Gasteiger charge is 2.18. The molecule has 88 valence electrons. The molecule has 0 unspecified atom stereocenters. The molecule has 0 spiro atoms. The summed E-state index contributed by atoms with van der Waals surface area (Å²) in [5.74, 6) is -1.39. The fraction of sp³-hybridized carbons (Fsp3) is 0.0909. The van der Waals surface area contributed by atoms with Gasteiger partial charge in [-0.15, -0.1) is 0 Å². The standard InChI is InChI=1S/C11H10FN3O2/c12-8-3-1-2-4-9(8)15-11(17)7-5-13-6-14-10(7)16/h1-4,6,16H,5H2,(H,13,14)(H,15,17). The number of anilines is 1. The van der Waals surface area contributed by atoms with Gasteiger partial charge in [-0.2, -0.15) is 0 Å². The molecule has 0 aliphatic carbocycles. The minimum absolute atomic E-state index is 0.0547. The van der Waals surface area contributed by atoms with Crippen molar-refractivity contribution in [2.75, 3.05) is 11.9 Å². The molecule has 0 atom stereocenters. The highest BCUT2D eigenvalue weighted by atomic mass is 19.1. The van der Waals surface area contributed by atoms with E-state index in [0.717, 1.165) is 0 Å². The second-order valence-electron chi connectivity index (χ2n) is 3.38. The lowest BCUT2D eigenvalue weighted by Gasteiger charge is -2.12. The first-order valence-electron chi connectivity index (χ1n) is 4.91. The van der Waals surface area contributed by atoms with Gasteiger partial charge in [0.2, 0.25) is 0 Å². The smallest absolute Gasteiger partial charge is 0.258 e. The van der Waals surface area contributed by atoms with Crippen LogP contribution in [0.2, 0.25) is 0 Å². The quantitative estimate of drug-likeness (QED) is 0.720. The summed E-state index contributed by atoms with van der Waals surface area (Å²) in [6.45, 7) is 0.0547. The fourth-order valence-electron chi connectivity index (χ4n) is 1.35. The van der Waals surface area contributed by atoms with Gasteiger partial charge in [-0.1, -0.05) is 12.1 Å². The van der Waals surface area contributed by atoms with E-state index in [9.17, 15) is 14.3 Å². The highest BCUT2D eigenvalue weighted by molar-refractivity contribution is 6.05. The van der Waals surface area contributed by atoms with E-state index in [2.05, 4.69) is 15.6 Å². The van der Waals surface area contributed by atoms with Gasteiger partial charge in [0, 0.05) is 0 Å². The number of aliphatic hydroxyl groups is 1. The number of nitrogens with zero attached hydrogens (tertiary/aromatic N) is 1. The van der Waals surface area contributed by atoms with Gasteiger partial charge < -0.3 is 15.7 Å². The van der Waals surface area contributed by atoms with Crippen molar-refractivity contribution in [3.05, 3.63) is 41.5 Å². The molecule has 3 N–H and O–H groups in total. The first-order chi connectivity index (χ1) is 8.18. The van der Waals surface area contributed by atoms with Crippen LogP contribution in [0.4, 0.5) is 10.1 Å². The number of carbonyl (C=O) groups is 1. The normalized spacial score (nSPS) is 14.4. The van der Waals surface area contributed by atoms with Crippen molar-refractivity contribution in [3.8, 4) is 0 Å². The Hall–Kier alpha value is -2.37. The molecule has 6 heteroatoms. The van der Waals surface area contributed by atoms with Crippen LogP contribution in [0, 0.1) is 5.82 Å². The van der Waals surface area contributed by atoms with E-state index < -0.39 is 11.7 Å². The molecule has 0 saturated carbocycles. The second kappa shape index (κ2) is 4.65. The molecule has 1 heterocycles. The van der Waals surface area contributed by atoms with Gasteiger partial charge in [-0.05, 0) is 12.1 Å². The van der Waals surface area contributed by atoms with E-state index in [1.54, 1.807) is 6.07 Å². The molecule has 5 nitrogen and oxygen atoms in total. The second-order valence-corrected chi connectivity index (χ2v) is 3.38. The van der Waals surface area contributed by atoms with E-state index in [1.807, 2.05) is 0 Å². The number of para-hydroxylation sites is 1. The monoisotopic (exact) mass is 235 g/mol. The third-order valence-corrected chi connectivity index (χ3v) is 2.22. The van der Waals surface area contributed by atoms with E-state index in [0.29, 0.717) is 0 Å². The fourth-order valence-corrected chi connectivity index (χ4v) is 1.35. The zero-order chi connectivity index (χ0) is 12.3. The summed E-state index contributed by atoms with van der Waals surface area (Å²) in [5.41, 5.74) is 0.128. The Morgan fingerprint density at radius 2 is 2.24 bits per heavy atom. The number of halogens is 1. The van der Waals surface area contributed by atoms with Crippen LogP contribution in [-0.4, -0.2) is 23.9 Å². The van der Waals surface area contributed by atoms with Crippen molar-refractivity contribution in [2.45, 2.75) is 0 Å². The molecule has 1 aliphatic heterocycles. The Balaban J connectivity index is 2.15. The zero-order valence-electron chi connectivity index (χ0n) is 8.77. The van der Waals surface area contributed by atoms with Crippen molar-refractivity contribution < 1.29 is 14.3 Å². The number of benzene rings is 1. The number of aliphatic hydroxyl groups excluding tert-OH is 1. The first kappa shape index (κ1) is 11.1. The minimum atomic E-state index is -0.586. The van der Waals surface area contributed by atoms with Crippen LogP contribution in [0.5, 0.6) is 0 Å². The summed E-state index contributed by atoms with van der Waals surface area (Å²) in [6.07, 6.45) is 1.29. The van der Waals surface area contributed by atoms with Gasteiger partial charge in [0.05, 0.1) is 24.1 Å². The summed E-state index contributed by atoms with van der Waals surface area (Å²) in [6, 6.07) is 5.80. The average Bonchev–Trinajstić information content (AvgIpc) is 2.32. The van der Waals surface area contributed by atoms with Crippen LogP contribution in [0.3, 0.4) is 0 Å². The first-order valence-corrected chi connectivity index (χ1v) is 4.91. The lowest BCUT2D eigenvalue weighted by Crippen LogP contribution is -2.27. The van der Waals surface area contributed by atoms with Gasteiger partial charge in [0.1, 0.15) is 5.82 Å². The zero-order valence-corrected chi connectivity index (χ0v) is 8.77. The number of hydrogen-bond acceptors (Lipinski definition) is 4. The van der Waals surface area contributed by atoms with Crippen molar-refractivity contribution in [2.24, 2.45) is 4.99 Å². The molecule has 0 fully saturated rings. The number of aliphatic imine (C=N–C) groups is 1. The van der Waals surface area contributed by atoms with Crippen LogP contribution in [0.1, 0.15) is 0 Å². The molecule has 17 heavy (non-hydrogen) atoms. The van der Waals surface area contributed by atoms with Gasteiger partial charge in [0.15, 0.2) is 5.88 Å². The molecule has 1 amide bonds. The van der Waals surface area contributed by atoms with E-state index >= 15 is 0 Å². The Labute approximate surface area is 96.7 Å². The molecule has 2 rings (SSSR count).